The number of aromatic nitrogens is 2. The second kappa shape index (κ2) is 12.8. The Kier molecular flexibility index (Phi) is 9.18. The van der Waals surface area contributed by atoms with Gasteiger partial charge in [0, 0.05) is 23.0 Å². The summed E-state index contributed by atoms with van der Waals surface area (Å²) in [6.45, 7) is 10.2. The van der Waals surface area contributed by atoms with Crippen LogP contribution in [-0.4, -0.2) is 37.5 Å². The number of ether oxygens (including phenoxy) is 1. The number of anilines is 3. The molecule has 1 aromatic heterocycles. The van der Waals surface area contributed by atoms with E-state index in [4.69, 9.17) is 9.84 Å². The summed E-state index contributed by atoms with van der Waals surface area (Å²) in [4.78, 5) is 13.7. The molecular weight excluding hydrogens is 590 g/mol. The van der Waals surface area contributed by atoms with Gasteiger partial charge in [-0.25, -0.2) is 8.42 Å². The first-order valence-corrected chi connectivity index (χ1v) is 17.4. The van der Waals surface area contributed by atoms with Crippen molar-refractivity contribution in [2.75, 3.05) is 28.4 Å². The highest BCUT2D eigenvalue weighted by molar-refractivity contribution is 7.92. The van der Waals surface area contributed by atoms with Crippen molar-refractivity contribution >= 4 is 38.7 Å². The lowest BCUT2D eigenvalue weighted by Gasteiger charge is -2.24. The highest BCUT2D eigenvalue weighted by Crippen LogP contribution is 2.39. The van der Waals surface area contributed by atoms with Crippen LogP contribution in [0, 0.1) is 6.92 Å². The molecule has 3 aromatic rings. The van der Waals surface area contributed by atoms with Gasteiger partial charge in [0.05, 0.1) is 48.4 Å². The van der Waals surface area contributed by atoms with Gasteiger partial charge in [-0.15, -0.1) is 5.53 Å². The summed E-state index contributed by atoms with van der Waals surface area (Å²) < 4.78 is 34.6. The Balaban J connectivity index is 1.43. The highest BCUT2D eigenvalue weighted by Gasteiger charge is 2.26. The van der Waals surface area contributed by atoms with E-state index in [1.165, 1.54) is 44.9 Å². The van der Waals surface area contributed by atoms with Gasteiger partial charge in [-0.2, -0.15) is 5.10 Å². The monoisotopic (exact) mass is 635 g/mol. The summed E-state index contributed by atoms with van der Waals surface area (Å²) in [5.74, 6) is -0.128. The third kappa shape index (κ3) is 7.12. The van der Waals surface area contributed by atoms with Crippen LogP contribution in [0.15, 0.2) is 42.7 Å². The van der Waals surface area contributed by atoms with Crippen molar-refractivity contribution in [1.82, 2.24) is 20.7 Å². The van der Waals surface area contributed by atoms with Gasteiger partial charge < -0.3 is 15.5 Å². The van der Waals surface area contributed by atoms with Crippen molar-refractivity contribution in [3.8, 4) is 5.75 Å². The topological polar surface area (TPSA) is 130 Å². The smallest absolute Gasteiger partial charge is 0.255 e. The van der Waals surface area contributed by atoms with Crippen LogP contribution in [0.2, 0.25) is 0 Å². The van der Waals surface area contributed by atoms with Crippen LogP contribution in [0.5, 0.6) is 5.75 Å². The van der Waals surface area contributed by atoms with Crippen LogP contribution in [0.25, 0.3) is 5.70 Å². The molecule has 4 N–H and O–H groups in total. The predicted molar refractivity (Wildman–Crippen MR) is 180 cm³/mol. The number of rotatable bonds is 9. The molecule has 0 saturated heterocycles. The Morgan fingerprint density at radius 3 is 2.47 bits per heavy atom. The standard InChI is InChI=1S/C33H45N7O4S/c1-8-29-25(19-34-40(29)24-12-10-9-11-13-24)28-20-39(38-36-28)30-16-22(15-14-21(30)2)32(41)35-26-17-23(33(3,4)5)18-27(31(26)44-6)37-45(7,42)43/h14-20,24,36-38H,8-13H2,1-7H3,(H,35,41). The van der Waals surface area contributed by atoms with Gasteiger partial charge in [0.1, 0.15) is 0 Å². The molecule has 2 heterocycles. The molecule has 11 nitrogen and oxygen atoms in total. The Hall–Kier alpha value is -4.03. The van der Waals surface area contributed by atoms with Gasteiger partial charge in [0.25, 0.3) is 5.91 Å². The minimum absolute atomic E-state index is 0.229. The number of aryl methyl sites for hydroxylation is 1. The lowest BCUT2D eigenvalue weighted by molar-refractivity contribution is 0.102. The molecule has 0 radical (unpaired) electrons. The molecule has 0 spiro atoms. The van der Waals surface area contributed by atoms with Crippen LogP contribution >= 0.6 is 0 Å². The molecule has 1 aliphatic carbocycles. The minimum Gasteiger partial charge on any atom is -0.492 e. The van der Waals surface area contributed by atoms with Gasteiger partial charge in [-0.3, -0.25) is 19.2 Å². The van der Waals surface area contributed by atoms with Crippen molar-refractivity contribution < 1.29 is 17.9 Å². The van der Waals surface area contributed by atoms with Crippen molar-refractivity contribution in [3.05, 3.63) is 70.7 Å². The van der Waals surface area contributed by atoms with E-state index < -0.39 is 10.0 Å². The molecule has 45 heavy (non-hydrogen) atoms. The van der Waals surface area contributed by atoms with E-state index >= 15 is 0 Å². The Morgan fingerprint density at radius 2 is 1.82 bits per heavy atom. The summed E-state index contributed by atoms with van der Waals surface area (Å²) in [6.07, 6.45) is 12.0. The number of hydrogen-bond acceptors (Lipinski definition) is 8. The van der Waals surface area contributed by atoms with E-state index in [2.05, 4.69) is 32.6 Å². The molecule has 12 heteroatoms. The van der Waals surface area contributed by atoms with Gasteiger partial charge in [0.2, 0.25) is 10.0 Å². The molecule has 0 atom stereocenters. The lowest BCUT2D eigenvalue weighted by atomic mass is 9.86. The van der Waals surface area contributed by atoms with Gasteiger partial charge in [-0.05, 0) is 67.0 Å². The predicted octanol–water partition coefficient (Wildman–Crippen LogP) is 6.02. The quantitative estimate of drug-likeness (QED) is 0.225. The maximum Gasteiger partial charge on any atom is 0.255 e. The third-order valence-electron chi connectivity index (χ3n) is 8.45. The van der Waals surface area contributed by atoms with E-state index in [1.807, 2.05) is 63.3 Å². The van der Waals surface area contributed by atoms with E-state index in [-0.39, 0.29) is 22.8 Å². The molecule has 5 rings (SSSR count). The summed E-state index contributed by atoms with van der Waals surface area (Å²) in [6, 6.07) is 9.49. The van der Waals surface area contributed by atoms with Crippen LogP contribution in [0.1, 0.15) is 98.6 Å². The zero-order valence-electron chi connectivity index (χ0n) is 27.2. The number of hydrogen-bond donors (Lipinski definition) is 4. The molecule has 1 amide bonds. The van der Waals surface area contributed by atoms with Gasteiger partial charge in [0.15, 0.2) is 5.75 Å². The van der Waals surface area contributed by atoms with Gasteiger partial charge in [-0.1, -0.05) is 53.0 Å². The van der Waals surface area contributed by atoms with Gasteiger partial charge >= 0.3 is 0 Å². The van der Waals surface area contributed by atoms with Crippen molar-refractivity contribution in [3.63, 3.8) is 0 Å². The molecule has 1 aliphatic heterocycles. The Bertz CT molecular complexity index is 1720. The number of methoxy groups -OCH3 is 1. The Labute approximate surface area is 266 Å². The van der Waals surface area contributed by atoms with Crippen LogP contribution in [-0.2, 0) is 21.9 Å². The SMILES string of the molecule is CCc1c(C2=CN(c3cc(C(=O)Nc4cc(C(C)(C)C)cc(NS(C)(=O)=O)c4OC)ccc3C)NN2)cnn1C1CCCCC1. The normalized spacial score (nSPS) is 15.9. The molecule has 2 aliphatic rings. The fourth-order valence-electron chi connectivity index (χ4n) is 6.04. The number of benzene rings is 2. The number of nitrogens with zero attached hydrogens (tertiary/aromatic N) is 3. The molecule has 0 unspecified atom stereocenters. The van der Waals surface area contributed by atoms with E-state index in [1.54, 1.807) is 12.1 Å². The third-order valence-corrected chi connectivity index (χ3v) is 9.04. The number of carbonyl (C=O) groups excluding carboxylic acids is 1. The molecular formula is C33H45N7O4S. The van der Waals surface area contributed by atoms with E-state index in [0.717, 1.165) is 40.8 Å². The fourth-order valence-corrected chi connectivity index (χ4v) is 6.59. The number of carbonyl (C=O) groups is 1. The van der Waals surface area contributed by atoms with Crippen molar-refractivity contribution in [2.24, 2.45) is 0 Å². The van der Waals surface area contributed by atoms with E-state index in [0.29, 0.717) is 17.3 Å². The summed E-state index contributed by atoms with van der Waals surface area (Å²) in [7, 11) is -2.15. The lowest BCUT2D eigenvalue weighted by Crippen LogP contribution is -2.36. The fraction of sp³-hybridized carbons (Fsp3) is 0.455. The number of hydrazine groups is 2. The molecule has 2 aromatic carbocycles. The first-order valence-electron chi connectivity index (χ1n) is 15.5. The average molecular weight is 636 g/mol. The second-order valence-corrected chi connectivity index (χ2v) is 14.7. The second-order valence-electron chi connectivity index (χ2n) is 12.9. The van der Waals surface area contributed by atoms with Crippen LogP contribution in [0.4, 0.5) is 17.1 Å². The zero-order chi connectivity index (χ0) is 32.5. The number of sulfonamides is 1. The molecule has 242 valence electrons. The van der Waals surface area contributed by atoms with Crippen LogP contribution in [0.3, 0.4) is 0 Å². The maximum absolute atomic E-state index is 13.7. The average Bonchev–Trinajstić information content (AvgIpc) is 3.64. The minimum atomic E-state index is -3.59. The maximum atomic E-state index is 13.7. The number of nitrogens with one attached hydrogen (secondary N) is 4. The zero-order valence-corrected chi connectivity index (χ0v) is 28.1. The first kappa shape index (κ1) is 32.4. The summed E-state index contributed by atoms with van der Waals surface area (Å²) in [5, 5.41) is 9.62. The summed E-state index contributed by atoms with van der Waals surface area (Å²) >= 11 is 0. The molecule has 0 bridgehead atoms. The number of amides is 1. The summed E-state index contributed by atoms with van der Waals surface area (Å²) in [5.41, 5.74) is 13.1. The van der Waals surface area contributed by atoms with Crippen molar-refractivity contribution in [2.45, 2.75) is 84.6 Å². The first-order chi connectivity index (χ1) is 21.3. The highest BCUT2D eigenvalue weighted by atomic mass is 32.2. The van der Waals surface area contributed by atoms with Crippen molar-refractivity contribution in [1.29, 1.82) is 0 Å². The largest absolute Gasteiger partial charge is 0.492 e. The van der Waals surface area contributed by atoms with E-state index in [9.17, 15) is 13.2 Å². The molecule has 1 fully saturated rings. The Morgan fingerprint density at radius 1 is 1.11 bits per heavy atom. The molecule has 1 saturated carbocycles. The van der Waals surface area contributed by atoms with Crippen LogP contribution < -0.4 is 30.7 Å².